The van der Waals surface area contributed by atoms with Crippen LogP contribution in [0.2, 0.25) is 0 Å². The molecule has 2 aromatic carbocycles. The summed E-state index contributed by atoms with van der Waals surface area (Å²) >= 11 is 0. The molecule has 7 nitrogen and oxygen atoms in total. The molecule has 4 rings (SSSR count). The Bertz CT molecular complexity index is 1010. The van der Waals surface area contributed by atoms with Gasteiger partial charge in [-0.05, 0) is 48.7 Å². The fourth-order valence-electron chi connectivity index (χ4n) is 3.42. The first-order valence-electron chi connectivity index (χ1n) is 9.33. The van der Waals surface area contributed by atoms with E-state index in [4.69, 9.17) is 9.84 Å². The van der Waals surface area contributed by atoms with Crippen molar-refractivity contribution >= 4 is 16.9 Å². The smallest absolute Gasteiger partial charge is 0.254 e. The third-order valence-corrected chi connectivity index (χ3v) is 5.05. The van der Waals surface area contributed by atoms with Crippen LogP contribution in [0.1, 0.15) is 28.8 Å². The zero-order valence-corrected chi connectivity index (χ0v) is 15.7. The number of fused-ring (bicyclic) bond motifs is 1. The molecule has 0 spiro atoms. The summed E-state index contributed by atoms with van der Waals surface area (Å²) in [7, 11) is 1.51. The van der Waals surface area contributed by atoms with Gasteiger partial charge in [0.25, 0.3) is 5.91 Å². The molecule has 0 aliphatic heterocycles. The summed E-state index contributed by atoms with van der Waals surface area (Å²) in [4.78, 5) is 19.4. The quantitative estimate of drug-likeness (QED) is 0.657. The van der Waals surface area contributed by atoms with Gasteiger partial charge in [-0.1, -0.05) is 6.07 Å². The SMILES string of the molecule is COc1cc(CN(C(=O)c2ccc3c(c2)ncn3CCO)C2CC2)ccc1O. The average molecular weight is 381 g/mol. The lowest BCUT2D eigenvalue weighted by molar-refractivity contribution is 0.0730. The zero-order valence-electron chi connectivity index (χ0n) is 15.7. The van der Waals surface area contributed by atoms with Crippen molar-refractivity contribution in [2.24, 2.45) is 0 Å². The van der Waals surface area contributed by atoms with Crippen LogP contribution in [0.15, 0.2) is 42.7 Å². The highest BCUT2D eigenvalue weighted by molar-refractivity contribution is 5.97. The molecule has 1 saturated carbocycles. The first-order chi connectivity index (χ1) is 13.6. The Morgan fingerprint density at radius 2 is 2.11 bits per heavy atom. The van der Waals surface area contributed by atoms with Gasteiger partial charge in [0.15, 0.2) is 11.5 Å². The molecular weight excluding hydrogens is 358 g/mol. The summed E-state index contributed by atoms with van der Waals surface area (Å²) in [6.07, 6.45) is 3.67. The first-order valence-corrected chi connectivity index (χ1v) is 9.33. The zero-order chi connectivity index (χ0) is 19.7. The summed E-state index contributed by atoms with van der Waals surface area (Å²) in [6.45, 7) is 0.968. The van der Waals surface area contributed by atoms with Crippen molar-refractivity contribution in [2.75, 3.05) is 13.7 Å². The van der Waals surface area contributed by atoms with Crippen molar-refractivity contribution in [2.45, 2.75) is 32.0 Å². The van der Waals surface area contributed by atoms with Gasteiger partial charge in [-0.3, -0.25) is 4.79 Å². The maximum Gasteiger partial charge on any atom is 0.254 e. The van der Waals surface area contributed by atoms with E-state index in [0.717, 1.165) is 29.4 Å². The summed E-state index contributed by atoms with van der Waals surface area (Å²) in [5.41, 5.74) is 3.13. The molecular formula is C21H23N3O4. The molecule has 1 fully saturated rings. The molecule has 0 saturated heterocycles. The Balaban J connectivity index is 1.59. The summed E-state index contributed by atoms with van der Waals surface area (Å²) in [6, 6.07) is 10.9. The van der Waals surface area contributed by atoms with Crippen molar-refractivity contribution in [1.29, 1.82) is 0 Å². The Hall–Kier alpha value is -3.06. The third-order valence-electron chi connectivity index (χ3n) is 5.05. The fourth-order valence-corrected chi connectivity index (χ4v) is 3.42. The van der Waals surface area contributed by atoms with Gasteiger partial charge in [-0.2, -0.15) is 0 Å². The van der Waals surface area contributed by atoms with E-state index >= 15 is 0 Å². The van der Waals surface area contributed by atoms with Gasteiger partial charge in [0.1, 0.15) is 0 Å². The number of aliphatic hydroxyl groups excluding tert-OH is 1. The molecule has 3 aromatic rings. The molecule has 146 valence electrons. The standard InChI is InChI=1S/C21H23N3O4/c1-28-20-10-14(2-7-19(20)26)12-24(16-4-5-16)21(27)15-3-6-18-17(11-15)22-13-23(18)8-9-25/h2-3,6-7,10-11,13,16,25-26H,4-5,8-9,12H2,1H3. The van der Waals surface area contributed by atoms with Gasteiger partial charge >= 0.3 is 0 Å². The van der Waals surface area contributed by atoms with Gasteiger partial charge in [0, 0.05) is 24.7 Å². The minimum absolute atomic E-state index is 0.0341. The number of methoxy groups -OCH3 is 1. The molecule has 1 aliphatic carbocycles. The lowest BCUT2D eigenvalue weighted by atomic mass is 10.1. The van der Waals surface area contributed by atoms with Crippen LogP contribution in [0.3, 0.4) is 0 Å². The first kappa shape index (κ1) is 18.3. The lowest BCUT2D eigenvalue weighted by Gasteiger charge is -2.23. The van der Waals surface area contributed by atoms with Crippen molar-refractivity contribution in [3.05, 3.63) is 53.9 Å². The maximum atomic E-state index is 13.2. The minimum atomic E-state index is -0.0341. The number of carbonyl (C=O) groups excluding carboxylic acids is 1. The molecule has 1 aliphatic rings. The number of aromatic nitrogens is 2. The maximum absolute atomic E-state index is 13.2. The molecule has 1 aromatic heterocycles. The van der Waals surface area contributed by atoms with Crippen molar-refractivity contribution in [3.8, 4) is 11.5 Å². The number of phenolic OH excluding ortho intramolecular Hbond substituents is 1. The Kier molecular flexibility index (Phi) is 4.92. The Labute approximate surface area is 162 Å². The number of benzene rings is 2. The number of amides is 1. The number of hydrogen-bond acceptors (Lipinski definition) is 5. The molecule has 0 atom stereocenters. The normalized spacial score (nSPS) is 13.6. The predicted molar refractivity (Wildman–Crippen MR) is 104 cm³/mol. The second-order valence-electron chi connectivity index (χ2n) is 7.04. The van der Waals surface area contributed by atoms with E-state index in [2.05, 4.69) is 4.98 Å². The van der Waals surface area contributed by atoms with Gasteiger partial charge in [0.05, 0.1) is 31.1 Å². The fraction of sp³-hybridized carbons (Fsp3) is 0.333. The van der Waals surface area contributed by atoms with Crippen LogP contribution in [0.25, 0.3) is 11.0 Å². The summed E-state index contributed by atoms with van der Waals surface area (Å²) < 4.78 is 7.04. The van der Waals surface area contributed by atoms with Crippen LogP contribution in [0, 0.1) is 0 Å². The number of aromatic hydroxyl groups is 1. The topological polar surface area (TPSA) is 87.8 Å². The molecule has 28 heavy (non-hydrogen) atoms. The van der Waals surface area contributed by atoms with Crippen molar-refractivity contribution < 1.29 is 19.7 Å². The Morgan fingerprint density at radius 1 is 1.29 bits per heavy atom. The molecule has 1 heterocycles. The Morgan fingerprint density at radius 3 is 2.82 bits per heavy atom. The number of phenols is 1. The summed E-state index contributed by atoms with van der Waals surface area (Å²) in [5.74, 6) is 0.448. The van der Waals surface area contributed by atoms with E-state index in [0.29, 0.717) is 24.4 Å². The summed E-state index contributed by atoms with van der Waals surface area (Å²) in [5, 5.41) is 18.9. The second kappa shape index (κ2) is 7.52. The van der Waals surface area contributed by atoms with Gasteiger partial charge in [-0.15, -0.1) is 0 Å². The van der Waals surface area contributed by atoms with Crippen LogP contribution in [-0.4, -0.2) is 50.3 Å². The molecule has 0 unspecified atom stereocenters. The number of ether oxygens (including phenoxy) is 1. The lowest BCUT2D eigenvalue weighted by Crippen LogP contribution is -2.32. The van der Waals surface area contributed by atoms with Crippen molar-refractivity contribution in [3.63, 3.8) is 0 Å². The molecule has 0 bridgehead atoms. The second-order valence-corrected chi connectivity index (χ2v) is 7.04. The van der Waals surface area contributed by atoms with Crippen LogP contribution in [0.4, 0.5) is 0 Å². The van der Waals surface area contributed by atoms with Crippen LogP contribution < -0.4 is 4.74 Å². The highest BCUT2D eigenvalue weighted by atomic mass is 16.5. The number of rotatable bonds is 7. The molecule has 7 heteroatoms. The number of hydrogen-bond donors (Lipinski definition) is 2. The largest absolute Gasteiger partial charge is 0.504 e. The van der Waals surface area contributed by atoms with E-state index in [1.165, 1.54) is 7.11 Å². The number of imidazole rings is 1. The molecule has 1 amide bonds. The highest BCUT2D eigenvalue weighted by Gasteiger charge is 2.33. The van der Waals surface area contributed by atoms with Gasteiger partial charge in [-0.25, -0.2) is 4.98 Å². The van der Waals surface area contributed by atoms with E-state index in [1.54, 1.807) is 30.6 Å². The van der Waals surface area contributed by atoms with E-state index in [1.807, 2.05) is 21.6 Å². The average Bonchev–Trinajstić information content (AvgIpc) is 3.48. The number of aliphatic hydroxyl groups is 1. The molecule has 0 radical (unpaired) electrons. The van der Waals surface area contributed by atoms with Crippen LogP contribution >= 0.6 is 0 Å². The monoisotopic (exact) mass is 381 g/mol. The van der Waals surface area contributed by atoms with E-state index in [9.17, 15) is 9.90 Å². The number of carbonyl (C=O) groups is 1. The van der Waals surface area contributed by atoms with Crippen molar-refractivity contribution in [1.82, 2.24) is 14.5 Å². The van der Waals surface area contributed by atoms with Gasteiger partial charge < -0.3 is 24.4 Å². The highest BCUT2D eigenvalue weighted by Crippen LogP contribution is 2.32. The van der Waals surface area contributed by atoms with Crippen LogP contribution in [-0.2, 0) is 13.1 Å². The van der Waals surface area contributed by atoms with Gasteiger partial charge in [0.2, 0.25) is 0 Å². The van der Waals surface area contributed by atoms with E-state index in [-0.39, 0.29) is 24.3 Å². The number of nitrogens with zero attached hydrogens (tertiary/aromatic N) is 3. The minimum Gasteiger partial charge on any atom is -0.504 e. The van der Waals surface area contributed by atoms with E-state index < -0.39 is 0 Å². The van der Waals surface area contributed by atoms with Crippen LogP contribution in [0.5, 0.6) is 11.5 Å². The predicted octanol–water partition coefficient (Wildman–Crippen LogP) is 2.55. The third kappa shape index (κ3) is 3.53. The molecule has 2 N–H and O–H groups in total.